The van der Waals surface area contributed by atoms with Crippen LogP contribution in [0.15, 0.2) is 70.7 Å². The average molecular weight is 406 g/mol. The van der Waals surface area contributed by atoms with Crippen molar-refractivity contribution in [2.24, 2.45) is 0 Å². The van der Waals surface area contributed by atoms with Crippen LogP contribution in [0.5, 0.6) is 0 Å². The van der Waals surface area contributed by atoms with E-state index in [4.69, 9.17) is 0 Å². The topological polar surface area (TPSA) is 71.1 Å². The molecule has 5 nitrogen and oxygen atoms in total. The summed E-state index contributed by atoms with van der Waals surface area (Å²) in [7, 11) is 1.59. The molecule has 1 heterocycles. The molecular weight excluding hydrogens is 382 g/mol. The number of nitrogens with one attached hydrogen (secondary N) is 2. The van der Waals surface area contributed by atoms with Gasteiger partial charge in [0.05, 0.1) is 5.56 Å². The maximum Gasteiger partial charge on any atom is 0.254 e. The van der Waals surface area contributed by atoms with Gasteiger partial charge >= 0.3 is 0 Å². The third kappa shape index (κ3) is 5.23. The highest BCUT2D eigenvalue weighted by Gasteiger charge is 2.14. The Morgan fingerprint density at radius 1 is 0.966 bits per heavy atom. The first-order valence-electron chi connectivity index (χ1n) is 9.27. The van der Waals surface area contributed by atoms with Crippen LogP contribution in [0.3, 0.4) is 0 Å². The van der Waals surface area contributed by atoms with Gasteiger partial charge in [0.15, 0.2) is 0 Å². The number of hydrogen-bond donors (Lipinski definition) is 2. The molecule has 29 heavy (non-hydrogen) atoms. The molecular formula is C23H23N3O2S. The number of carbonyl (C=O) groups is 2. The molecule has 0 radical (unpaired) electrons. The summed E-state index contributed by atoms with van der Waals surface area (Å²) in [6, 6.07) is 16.9. The van der Waals surface area contributed by atoms with Crippen molar-refractivity contribution >= 4 is 23.6 Å². The molecule has 0 unspecified atom stereocenters. The van der Waals surface area contributed by atoms with E-state index >= 15 is 0 Å². The molecule has 0 spiro atoms. The zero-order chi connectivity index (χ0) is 20.8. The van der Waals surface area contributed by atoms with Gasteiger partial charge in [0.2, 0.25) is 0 Å². The van der Waals surface area contributed by atoms with Crippen molar-refractivity contribution in [3.8, 4) is 0 Å². The SMILES string of the molecule is CNC(=O)c1cccc(CNC(=O)c2cccnc2Sc2ccc(C)c(C)c2)c1. The van der Waals surface area contributed by atoms with Crippen molar-refractivity contribution in [2.45, 2.75) is 30.3 Å². The van der Waals surface area contributed by atoms with E-state index in [0.29, 0.717) is 22.7 Å². The molecule has 1 aromatic heterocycles. The number of amides is 2. The number of carbonyl (C=O) groups excluding carboxylic acids is 2. The number of hydrogen-bond acceptors (Lipinski definition) is 4. The molecule has 3 rings (SSSR count). The summed E-state index contributed by atoms with van der Waals surface area (Å²) in [5.41, 5.74) is 4.37. The molecule has 0 fully saturated rings. The van der Waals surface area contributed by atoms with E-state index in [2.05, 4.69) is 41.6 Å². The van der Waals surface area contributed by atoms with Crippen LogP contribution in [-0.4, -0.2) is 23.8 Å². The van der Waals surface area contributed by atoms with Gasteiger partial charge in [-0.1, -0.05) is 30.0 Å². The second kappa shape index (κ2) is 9.39. The van der Waals surface area contributed by atoms with Crippen molar-refractivity contribution in [3.63, 3.8) is 0 Å². The van der Waals surface area contributed by atoms with E-state index in [1.54, 1.807) is 43.6 Å². The zero-order valence-corrected chi connectivity index (χ0v) is 17.5. The van der Waals surface area contributed by atoms with Gasteiger partial charge in [-0.2, -0.15) is 0 Å². The Morgan fingerprint density at radius 2 is 1.79 bits per heavy atom. The molecule has 0 atom stereocenters. The van der Waals surface area contributed by atoms with E-state index in [1.165, 1.54) is 22.9 Å². The summed E-state index contributed by atoms with van der Waals surface area (Å²) in [5, 5.41) is 6.18. The minimum Gasteiger partial charge on any atom is -0.355 e. The first-order chi connectivity index (χ1) is 14.0. The second-order valence-electron chi connectivity index (χ2n) is 6.67. The predicted molar refractivity (Wildman–Crippen MR) is 115 cm³/mol. The summed E-state index contributed by atoms with van der Waals surface area (Å²) in [6.45, 7) is 4.47. The Bertz CT molecular complexity index is 1050. The Balaban J connectivity index is 1.73. The summed E-state index contributed by atoms with van der Waals surface area (Å²) in [6.07, 6.45) is 1.69. The van der Waals surface area contributed by atoms with Crippen LogP contribution in [0.4, 0.5) is 0 Å². The number of rotatable bonds is 6. The maximum atomic E-state index is 12.8. The van der Waals surface area contributed by atoms with Crippen LogP contribution >= 0.6 is 11.8 Å². The highest BCUT2D eigenvalue weighted by Crippen LogP contribution is 2.30. The molecule has 0 aliphatic heterocycles. The van der Waals surface area contributed by atoms with Gasteiger partial charge < -0.3 is 10.6 Å². The van der Waals surface area contributed by atoms with E-state index in [-0.39, 0.29) is 11.8 Å². The van der Waals surface area contributed by atoms with Gasteiger partial charge in [0.1, 0.15) is 5.03 Å². The van der Waals surface area contributed by atoms with Crippen molar-refractivity contribution < 1.29 is 9.59 Å². The number of pyridine rings is 1. The van der Waals surface area contributed by atoms with Crippen LogP contribution < -0.4 is 10.6 Å². The molecule has 0 bridgehead atoms. The van der Waals surface area contributed by atoms with Crippen LogP contribution in [0, 0.1) is 13.8 Å². The molecule has 2 aromatic carbocycles. The van der Waals surface area contributed by atoms with Gasteiger partial charge in [0.25, 0.3) is 11.8 Å². The second-order valence-corrected chi connectivity index (χ2v) is 7.73. The average Bonchev–Trinajstić information content (AvgIpc) is 2.74. The zero-order valence-electron chi connectivity index (χ0n) is 16.7. The van der Waals surface area contributed by atoms with Gasteiger partial charge in [0, 0.05) is 30.2 Å². The van der Waals surface area contributed by atoms with Crippen LogP contribution in [0.25, 0.3) is 0 Å². The molecule has 2 amide bonds. The van der Waals surface area contributed by atoms with Crippen LogP contribution in [0.2, 0.25) is 0 Å². The third-order valence-electron chi connectivity index (χ3n) is 4.58. The minimum absolute atomic E-state index is 0.155. The lowest BCUT2D eigenvalue weighted by Crippen LogP contribution is -2.24. The molecule has 0 aliphatic rings. The normalized spacial score (nSPS) is 10.4. The van der Waals surface area contributed by atoms with Crippen molar-refractivity contribution in [2.75, 3.05) is 7.05 Å². The van der Waals surface area contributed by atoms with Crippen molar-refractivity contribution in [1.82, 2.24) is 15.6 Å². The summed E-state index contributed by atoms with van der Waals surface area (Å²) in [4.78, 5) is 30.0. The smallest absolute Gasteiger partial charge is 0.254 e. The lowest BCUT2D eigenvalue weighted by molar-refractivity contribution is 0.0945. The third-order valence-corrected chi connectivity index (χ3v) is 5.59. The number of benzene rings is 2. The van der Waals surface area contributed by atoms with Crippen molar-refractivity contribution in [3.05, 3.63) is 88.6 Å². The molecule has 0 saturated carbocycles. The van der Waals surface area contributed by atoms with Gasteiger partial charge in [-0.05, 0) is 66.9 Å². The molecule has 3 aromatic rings. The van der Waals surface area contributed by atoms with Crippen LogP contribution in [0.1, 0.15) is 37.4 Å². The van der Waals surface area contributed by atoms with E-state index in [9.17, 15) is 9.59 Å². The van der Waals surface area contributed by atoms with E-state index in [0.717, 1.165) is 10.5 Å². The number of aromatic nitrogens is 1. The van der Waals surface area contributed by atoms with Crippen molar-refractivity contribution in [1.29, 1.82) is 0 Å². The fraction of sp³-hybridized carbons (Fsp3) is 0.174. The maximum absolute atomic E-state index is 12.8. The lowest BCUT2D eigenvalue weighted by atomic mass is 10.1. The Morgan fingerprint density at radius 3 is 2.55 bits per heavy atom. The first-order valence-corrected chi connectivity index (χ1v) is 10.1. The molecule has 148 valence electrons. The minimum atomic E-state index is -0.199. The highest BCUT2D eigenvalue weighted by atomic mass is 32.2. The first kappa shape index (κ1) is 20.6. The molecule has 6 heteroatoms. The standard InChI is InChI=1S/C23H23N3O2S/c1-15-9-10-19(12-16(15)2)29-23-20(8-5-11-25-23)22(28)26-14-17-6-4-7-18(13-17)21(27)24-3/h4-13H,14H2,1-3H3,(H,24,27)(H,26,28). The Hall–Kier alpha value is -3.12. The van der Waals surface area contributed by atoms with Crippen LogP contribution in [-0.2, 0) is 6.54 Å². The Labute approximate surface area is 175 Å². The number of aryl methyl sites for hydroxylation is 2. The number of nitrogens with zero attached hydrogens (tertiary/aromatic N) is 1. The van der Waals surface area contributed by atoms with Gasteiger partial charge in [-0.3, -0.25) is 9.59 Å². The largest absolute Gasteiger partial charge is 0.355 e. The molecule has 0 saturated heterocycles. The summed E-state index contributed by atoms with van der Waals surface area (Å²) >= 11 is 1.47. The predicted octanol–water partition coefficient (Wildman–Crippen LogP) is 4.14. The molecule has 2 N–H and O–H groups in total. The van der Waals surface area contributed by atoms with E-state index < -0.39 is 0 Å². The van der Waals surface area contributed by atoms with E-state index in [1.807, 2.05) is 12.1 Å². The van der Waals surface area contributed by atoms with Gasteiger partial charge in [-0.25, -0.2) is 4.98 Å². The highest BCUT2D eigenvalue weighted by molar-refractivity contribution is 7.99. The Kier molecular flexibility index (Phi) is 6.67. The molecule has 0 aliphatic carbocycles. The fourth-order valence-electron chi connectivity index (χ4n) is 2.78. The monoisotopic (exact) mass is 405 g/mol. The fourth-order valence-corrected chi connectivity index (χ4v) is 3.76. The van der Waals surface area contributed by atoms with Gasteiger partial charge in [-0.15, -0.1) is 0 Å². The lowest BCUT2D eigenvalue weighted by Gasteiger charge is -2.10. The summed E-state index contributed by atoms with van der Waals surface area (Å²) in [5.74, 6) is -0.354. The summed E-state index contributed by atoms with van der Waals surface area (Å²) < 4.78 is 0. The quantitative estimate of drug-likeness (QED) is 0.647.